The second-order valence-corrected chi connectivity index (χ2v) is 6.04. The molecular weight excluding hydrogens is 382 g/mol. The van der Waals surface area contributed by atoms with Gasteiger partial charge >= 0.3 is 0 Å². The molecule has 2 aromatic rings. The molecular formula is C17H17BrClNO3. The van der Waals surface area contributed by atoms with E-state index in [0.717, 1.165) is 15.8 Å². The number of carbonyl (C=O) groups excluding carboxylic acids is 1. The molecule has 23 heavy (non-hydrogen) atoms. The zero-order valence-electron chi connectivity index (χ0n) is 12.6. The number of hydrogen-bond donors (Lipinski definition) is 1. The van der Waals surface area contributed by atoms with E-state index in [1.165, 1.54) is 0 Å². The molecule has 0 aliphatic carbocycles. The topological polar surface area (TPSA) is 47.6 Å². The number of methoxy groups -OCH3 is 1. The highest BCUT2D eigenvalue weighted by Crippen LogP contribution is 2.25. The number of rotatable bonds is 7. The van der Waals surface area contributed by atoms with Crippen LogP contribution < -0.4 is 14.8 Å². The summed E-state index contributed by atoms with van der Waals surface area (Å²) in [5, 5.41) is 3.39. The van der Waals surface area contributed by atoms with E-state index in [4.69, 9.17) is 21.1 Å². The van der Waals surface area contributed by atoms with E-state index in [0.29, 0.717) is 17.3 Å². The number of para-hydroxylation sites is 1. The van der Waals surface area contributed by atoms with Crippen molar-refractivity contribution in [3.63, 3.8) is 0 Å². The monoisotopic (exact) mass is 397 g/mol. The van der Waals surface area contributed by atoms with Crippen LogP contribution in [0.4, 0.5) is 0 Å². The summed E-state index contributed by atoms with van der Waals surface area (Å²) < 4.78 is 11.5. The molecule has 0 saturated carbocycles. The van der Waals surface area contributed by atoms with E-state index in [9.17, 15) is 4.79 Å². The van der Waals surface area contributed by atoms with Crippen LogP contribution in [0.1, 0.15) is 12.0 Å². The highest BCUT2D eigenvalue weighted by Gasteiger charge is 2.06. The van der Waals surface area contributed by atoms with Gasteiger partial charge in [0.2, 0.25) is 5.91 Å². The fraction of sp³-hybridized carbons (Fsp3) is 0.235. The van der Waals surface area contributed by atoms with Crippen molar-refractivity contribution in [2.45, 2.75) is 13.0 Å². The normalized spacial score (nSPS) is 10.2. The van der Waals surface area contributed by atoms with Gasteiger partial charge < -0.3 is 14.8 Å². The fourth-order valence-corrected chi connectivity index (χ4v) is 2.70. The maximum absolute atomic E-state index is 11.8. The van der Waals surface area contributed by atoms with Crippen molar-refractivity contribution in [3.05, 3.63) is 57.5 Å². The Morgan fingerprint density at radius 3 is 2.70 bits per heavy atom. The van der Waals surface area contributed by atoms with Crippen LogP contribution in [0.2, 0.25) is 5.02 Å². The lowest BCUT2D eigenvalue weighted by molar-refractivity contribution is -0.121. The quantitative estimate of drug-likeness (QED) is 0.760. The van der Waals surface area contributed by atoms with Gasteiger partial charge in [-0.1, -0.05) is 29.8 Å². The SMILES string of the molecule is COc1ccc(CNC(=O)CCOc2ccccc2Cl)cc1Br. The van der Waals surface area contributed by atoms with Gasteiger partial charge in [0.05, 0.1) is 29.6 Å². The van der Waals surface area contributed by atoms with E-state index in [1.54, 1.807) is 19.2 Å². The van der Waals surface area contributed by atoms with Crippen molar-refractivity contribution < 1.29 is 14.3 Å². The molecule has 0 saturated heterocycles. The number of ether oxygens (including phenoxy) is 2. The molecule has 0 spiro atoms. The lowest BCUT2D eigenvalue weighted by atomic mass is 10.2. The Morgan fingerprint density at radius 1 is 1.22 bits per heavy atom. The first-order valence-corrected chi connectivity index (χ1v) is 8.23. The molecule has 1 amide bonds. The van der Waals surface area contributed by atoms with Crippen LogP contribution in [0.3, 0.4) is 0 Å². The molecule has 0 aliphatic rings. The largest absolute Gasteiger partial charge is 0.496 e. The average molecular weight is 399 g/mol. The van der Waals surface area contributed by atoms with E-state index in [1.807, 2.05) is 30.3 Å². The van der Waals surface area contributed by atoms with Crippen molar-refractivity contribution >= 4 is 33.4 Å². The zero-order valence-corrected chi connectivity index (χ0v) is 15.0. The van der Waals surface area contributed by atoms with Gasteiger partial charge in [-0.05, 0) is 45.8 Å². The van der Waals surface area contributed by atoms with Gasteiger partial charge in [-0.3, -0.25) is 4.79 Å². The van der Waals surface area contributed by atoms with Gasteiger partial charge in [0.1, 0.15) is 11.5 Å². The third-order valence-corrected chi connectivity index (χ3v) is 4.06. The van der Waals surface area contributed by atoms with Crippen LogP contribution in [0, 0.1) is 0 Å². The molecule has 4 nitrogen and oxygen atoms in total. The highest BCUT2D eigenvalue weighted by atomic mass is 79.9. The molecule has 2 aromatic carbocycles. The lowest BCUT2D eigenvalue weighted by Gasteiger charge is -2.09. The average Bonchev–Trinajstić information content (AvgIpc) is 2.55. The molecule has 0 atom stereocenters. The molecule has 2 rings (SSSR count). The van der Waals surface area contributed by atoms with Crippen LogP contribution in [-0.4, -0.2) is 19.6 Å². The molecule has 0 aromatic heterocycles. The minimum Gasteiger partial charge on any atom is -0.496 e. The summed E-state index contributed by atoms with van der Waals surface area (Å²) in [5.41, 5.74) is 0.984. The Hall–Kier alpha value is -1.72. The summed E-state index contributed by atoms with van der Waals surface area (Å²) in [6.07, 6.45) is 0.266. The van der Waals surface area contributed by atoms with Crippen molar-refractivity contribution in [2.24, 2.45) is 0 Å². The van der Waals surface area contributed by atoms with Crippen LogP contribution in [0.25, 0.3) is 0 Å². The molecule has 122 valence electrons. The van der Waals surface area contributed by atoms with Crippen LogP contribution in [-0.2, 0) is 11.3 Å². The van der Waals surface area contributed by atoms with Crippen molar-refractivity contribution in [1.82, 2.24) is 5.32 Å². The predicted octanol–water partition coefficient (Wildman–Crippen LogP) is 4.20. The van der Waals surface area contributed by atoms with Crippen LogP contribution in [0.15, 0.2) is 46.9 Å². The van der Waals surface area contributed by atoms with E-state index >= 15 is 0 Å². The van der Waals surface area contributed by atoms with Crippen molar-refractivity contribution in [2.75, 3.05) is 13.7 Å². The smallest absolute Gasteiger partial charge is 0.223 e. The summed E-state index contributed by atoms with van der Waals surface area (Å²) in [6.45, 7) is 0.732. The standard InChI is InChI=1S/C17H17BrClNO3/c1-22-15-7-6-12(10-13(15)18)11-20-17(21)8-9-23-16-5-3-2-4-14(16)19/h2-7,10H,8-9,11H2,1H3,(H,20,21). The maximum atomic E-state index is 11.8. The molecule has 1 N–H and O–H groups in total. The first-order chi connectivity index (χ1) is 11.1. The van der Waals surface area contributed by atoms with Crippen molar-refractivity contribution in [3.8, 4) is 11.5 Å². The zero-order chi connectivity index (χ0) is 16.7. The van der Waals surface area contributed by atoms with Gasteiger partial charge in [0.15, 0.2) is 0 Å². The second-order valence-electron chi connectivity index (χ2n) is 4.77. The summed E-state index contributed by atoms with van der Waals surface area (Å²) >= 11 is 9.40. The first-order valence-electron chi connectivity index (χ1n) is 7.06. The van der Waals surface area contributed by atoms with Gasteiger partial charge in [0, 0.05) is 6.54 Å². The molecule has 0 bridgehead atoms. The molecule has 0 unspecified atom stereocenters. The Kier molecular flexibility index (Phi) is 6.74. The van der Waals surface area contributed by atoms with Crippen LogP contribution >= 0.6 is 27.5 Å². The number of hydrogen-bond acceptors (Lipinski definition) is 3. The molecule has 0 aliphatic heterocycles. The van der Waals surface area contributed by atoms with Gasteiger partial charge in [-0.2, -0.15) is 0 Å². The van der Waals surface area contributed by atoms with E-state index in [2.05, 4.69) is 21.2 Å². The molecule has 0 heterocycles. The third-order valence-electron chi connectivity index (χ3n) is 3.13. The Bertz CT molecular complexity index is 679. The number of benzene rings is 2. The Balaban J connectivity index is 1.75. The summed E-state index contributed by atoms with van der Waals surface area (Å²) in [7, 11) is 1.61. The second kappa shape index (κ2) is 8.79. The summed E-state index contributed by atoms with van der Waals surface area (Å²) in [4.78, 5) is 11.8. The highest BCUT2D eigenvalue weighted by molar-refractivity contribution is 9.10. The lowest BCUT2D eigenvalue weighted by Crippen LogP contribution is -2.24. The third kappa shape index (κ3) is 5.44. The minimum atomic E-state index is -0.0796. The van der Waals surface area contributed by atoms with Crippen molar-refractivity contribution in [1.29, 1.82) is 0 Å². The van der Waals surface area contributed by atoms with Gasteiger partial charge in [-0.25, -0.2) is 0 Å². The van der Waals surface area contributed by atoms with Gasteiger partial charge in [-0.15, -0.1) is 0 Å². The number of amides is 1. The maximum Gasteiger partial charge on any atom is 0.223 e. The van der Waals surface area contributed by atoms with E-state index in [-0.39, 0.29) is 18.9 Å². The molecule has 6 heteroatoms. The fourth-order valence-electron chi connectivity index (χ4n) is 1.92. The Labute approximate surface area is 148 Å². The summed E-state index contributed by atoms with van der Waals surface area (Å²) in [6, 6.07) is 12.9. The molecule has 0 fully saturated rings. The summed E-state index contributed by atoms with van der Waals surface area (Å²) in [5.74, 6) is 1.26. The van der Waals surface area contributed by atoms with Gasteiger partial charge in [0.25, 0.3) is 0 Å². The van der Waals surface area contributed by atoms with Crippen LogP contribution in [0.5, 0.6) is 11.5 Å². The van der Waals surface area contributed by atoms with E-state index < -0.39 is 0 Å². The number of halogens is 2. The molecule has 0 radical (unpaired) electrons. The number of carbonyl (C=O) groups is 1. The minimum absolute atomic E-state index is 0.0796. The first kappa shape index (κ1) is 17.6. The Morgan fingerprint density at radius 2 is 2.00 bits per heavy atom. The number of nitrogens with one attached hydrogen (secondary N) is 1. The predicted molar refractivity (Wildman–Crippen MR) is 94.1 cm³/mol.